The van der Waals surface area contributed by atoms with E-state index in [1.54, 1.807) is 25.3 Å². The van der Waals surface area contributed by atoms with Crippen LogP contribution in [0.15, 0.2) is 24.4 Å². The number of methoxy groups -OCH3 is 1. The zero-order valence-electron chi connectivity index (χ0n) is 15.4. The lowest BCUT2D eigenvalue weighted by Crippen LogP contribution is -2.40. The van der Waals surface area contributed by atoms with Crippen LogP contribution in [0.4, 0.5) is 23.1 Å². The molecule has 1 aromatic heterocycles. The van der Waals surface area contributed by atoms with E-state index in [4.69, 9.17) is 16.3 Å². The quantitative estimate of drug-likeness (QED) is 0.869. The van der Waals surface area contributed by atoms with E-state index in [1.807, 2.05) is 18.2 Å². The van der Waals surface area contributed by atoms with Crippen LogP contribution in [-0.2, 0) is 16.0 Å². The zero-order chi connectivity index (χ0) is 19.0. The maximum Gasteiger partial charge on any atom is 0.231 e. The van der Waals surface area contributed by atoms with Crippen LogP contribution in [0.5, 0.6) is 0 Å². The molecule has 2 aliphatic rings. The Morgan fingerprint density at radius 3 is 3.04 bits per heavy atom. The van der Waals surface area contributed by atoms with Crippen molar-refractivity contribution in [3.05, 3.63) is 35.0 Å². The molecule has 142 valence electrons. The summed E-state index contributed by atoms with van der Waals surface area (Å²) in [4.78, 5) is 24.7. The number of hydrogen-bond donors (Lipinski definition) is 1. The van der Waals surface area contributed by atoms with E-state index in [-0.39, 0.29) is 12.0 Å². The molecule has 1 saturated heterocycles. The Kier molecular flexibility index (Phi) is 4.88. The molecule has 1 atom stereocenters. The number of amides is 1. The third kappa shape index (κ3) is 3.57. The molecule has 0 saturated carbocycles. The lowest BCUT2D eigenvalue weighted by Gasteiger charge is -2.32. The number of likely N-dealkylation sites (N-methyl/N-ethyl adjacent to an activating group) is 1. The number of carbonyl (C=O) groups excluding carboxylic acids is 1. The predicted octanol–water partition coefficient (Wildman–Crippen LogP) is 3.01. The van der Waals surface area contributed by atoms with Crippen LogP contribution in [-0.4, -0.2) is 49.2 Å². The van der Waals surface area contributed by atoms with Crippen molar-refractivity contribution >= 4 is 40.6 Å². The van der Waals surface area contributed by atoms with Gasteiger partial charge in [-0.3, -0.25) is 4.79 Å². The average Bonchev–Trinajstić information content (AvgIpc) is 2.97. The Balaban J connectivity index is 1.56. The maximum atomic E-state index is 11.9. The summed E-state index contributed by atoms with van der Waals surface area (Å²) in [7, 11) is 3.53. The predicted molar refractivity (Wildman–Crippen MR) is 106 cm³/mol. The topological polar surface area (TPSA) is 70.6 Å². The van der Waals surface area contributed by atoms with Crippen molar-refractivity contribution in [1.29, 1.82) is 0 Å². The first-order valence-corrected chi connectivity index (χ1v) is 9.39. The van der Waals surface area contributed by atoms with Gasteiger partial charge in [-0.25, -0.2) is 4.98 Å². The Bertz CT molecular complexity index is 875. The first kappa shape index (κ1) is 18.0. The minimum Gasteiger partial charge on any atom is -0.380 e. The summed E-state index contributed by atoms with van der Waals surface area (Å²) in [5.41, 5.74) is 2.78. The lowest BCUT2D eigenvalue weighted by atomic mass is 10.1. The molecule has 0 bridgehead atoms. The highest BCUT2D eigenvalue weighted by molar-refractivity contribution is 6.32. The van der Waals surface area contributed by atoms with Crippen LogP contribution in [0.1, 0.15) is 18.4 Å². The van der Waals surface area contributed by atoms with Gasteiger partial charge in [0.15, 0.2) is 5.82 Å². The monoisotopic (exact) mass is 387 g/mol. The van der Waals surface area contributed by atoms with Crippen LogP contribution in [0.2, 0.25) is 5.02 Å². The highest BCUT2D eigenvalue weighted by Gasteiger charge is 2.25. The maximum absolute atomic E-state index is 11.9. The molecule has 2 aliphatic heterocycles. The van der Waals surface area contributed by atoms with Crippen molar-refractivity contribution in [2.75, 3.05) is 42.4 Å². The SMILES string of the molecule is COC1CCCN(c2ncc(Cl)c(Nc3ccc4c(c3)CC(=O)N4C)n2)C1. The minimum absolute atomic E-state index is 0.0994. The van der Waals surface area contributed by atoms with Crippen LogP contribution in [0, 0.1) is 0 Å². The average molecular weight is 388 g/mol. The summed E-state index contributed by atoms with van der Waals surface area (Å²) < 4.78 is 5.48. The van der Waals surface area contributed by atoms with E-state index >= 15 is 0 Å². The summed E-state index contributed by atoms with van der Waals surface area (Å²) in [6, 6.07) is 5.83. The fourth-order valence-electron chi connectivity index (χ4n) is 3.59. The van der Waals surface area contributed by atoms with E-state index in [0.29, 0.717) is 23.2 Å². The van der Waals surface area contributed by atoms with Crippen LogP contribution >= 0.6 is 11.6 Å². The standard InChI is InChI=1S/C19H22ClN5O2/c1-24-16-6-5-13(8-12(16)9-17(24)26)22-18-15(20)10-21-19(23-18)25-7-3-4-14(11-25)27-2/h5-6,8,10,14H,3-4,7,9,11H2,1-2H3,(H,21,22,23). The summed E-state index contributed by atoms with van der Waals surface area (Å²) in [6.45, 7) is 1.67. The first-order valence-electron chi connectivity index (χ1n) is 9.02. The van der Waals surface area contributed by atoms with Gasteiger partial charge in [-0.15, -0.1) is 0 Å². The fraction of sp³-hybridized carbons (Fsp3) is 0.421. The third-order valence-corrected chi connectivity index (χ3v) is 5.42. The number of anilines is 4. The van der Waals surface area contributed by atoms with E-state index in [9.17, 15) is 4.79 Å². The number of carbonyl (C=O) groups is 1. The van der Waals surface area contributed by atoms with Crippen LogP contribution in [0.25, 0.3) is 0 Å². The molecule has 0 radical (unpaired) electrons. The van der Waals surface area contributed by atoms with Gasteiger partial charge < -0.3 is 19.9 Å². The summed E-state index contributed by atoms with van der Waals surface area (Å²) in [6.07, 6.45) is 4.32. The number of nitrogens with one attached hydrogen (secondary N) is 1. The summed E-state index contributed by atoms with van der Waals surface area (Å²) >= 11 is 6.31. The highest BCUT2D eigenvalue weighted by Crippen LogP contribution is 2.32. The Morgan fingerprint density at radius 2 is 2.22 bits per heavy atom. The number of nitrogens with zero attached hydrogens (tertiary/aromatic N) is 4. The van der Waals surface area contributed by atoms with E-state index < -0.39 is 0 Å². The number of piperidine rings is 1. The highest BCUT2D eigenvalue weighted by atomic mass is 35.5. The normalized spacial score (nSPS) is 19.4. The Morgan fingerprint density at radius 1 is 1.37 bits per heavy atom. The van der Waals surface area contributed by atoms with Crippen LogP contribution < -0.4 is 15.1 Å². The zero-order valence-corrected chi connectivity index (χ0v) is 16.2. The minimum atomic E-state index is 0.0994. The number of aromatic nitrogens is 2. The molecule has 0 spiro atoms. The van der Waals surface area contributed by atoms with Crippen molar-refractivity contribution in [2.45, 2.75) is 25.4 Å². The molecule has 8 heteroatoms. The van der Waals surface area contributed by atoms with Crippen molar-refractivity contribution in [2.24, 2.45) is 0 Å². The van der Waals surface area contributed by atoms with Gasteiger partial charge in [-0.05, 0) is 36.6 Å². The van der Waals surface area contributed by atoms with Crippen LogP contribution in [0.3, 0.4) is 0 Å². The number of benzene rings is 1. The van der Waals surface area contributed by atoms with Gasteiger partial charge in [-0.1, -0.05) is 11.6 Å². The molecular formula is C19H22ClN5O2. The molecule has 1 fully saturated rings. The van der Waals surface area contributed by atoms with Gasteiger partial charge in [0.2, 0.25) is 11.9 Å². The van der Waals surface area contributed by atoms with Crippen molar-refractivity contribution in [3.63, 3.8) is 0 Å². The Labute approximate surface area is 163 Å². The molecule has 27 heavy (non-hydrogen) atoms. The van der Waals surface area contributed by atoms with Crippen molar-refractivity contribution < 1.29 is 9.53 Å². The van der Waals surface area contributed by atoms with Gasteiger partial charge in [0, 0.05) is 38.6 Å². The molecule has 2 aromatic rings. The molecule has 1 amide bonds. The summed E-state index contributed by atoms with van der Waals surface area (Å²) in [5, 5.41) is 3.72. The molecule has 1 aromatic carbocycles. The number of ether oxygens (including phenoxy) is 1. The first-order chi connectivity index (χ1) is 13.0. The number of halogens is 1. The van der Waals surface area contributed by atoms with Gasteiger partial charge >= 0.3 is 0 Å². The number of fused-ring (bicyclic) bond motifs is 1. The second kappa shape index (κ2) is 7.32. The molecule has 7 nitrogen and oxygen atoms in total. The van der Waals surface area contributed by atoms with Gasteiger partial charge in [0.25, 0.3) is 0 Å². The second-order valence-electron chi connectivity index (χ2n) is 6.91. The molecule has 4 rings (SSSR count). The molecule has 1 N–H and O–H groups in total. The molecule has 0 aliphatic carbocycles. The third-order valence-electron chi connectivity index (χ3n) is 5.15. The molecule has 3 heterocycles. The smallest absolute Gasteiger partial charge is 0.231 e. The van der Waals surface area contributed by atoms with Crippen molar-refractivity contribution in [1.82, 2.24) is 9.97 Å². The number of rotatable bonds is 4. The molecule has 1 unspecified atom stereocenters. The Hall–Kier alpha value is -2.38. The van der Waals surface area contributed by atoms with Gasteiger partial charge in [0.05, 0.1) is 18.7 Å². The molecular weight excluding hydrogens is 366 g/mol. The van der Waals surface area contributed by atoms with E-state index in [0.717, 1.165) is 42.9 Å². The lowest BCUT2D eigenvalue weighted by molar-refractivity contribution is -0.117. The van der Waals surface area contributed by atoms with Crippen molar-refractivity contribution in [3.8, 4) is 0 Å². The van der Waals surface area contributed by atoms with Gasteiger partial charge in [-0.2, -0.15) is 4.98 Å². The van der Waals surface area contributed by atoms with E-state index in [2.05, 4.69) is 20.2 Å². The second-order valence-corrected chi connectivity index (χ2v) is 7.32. The number of hydrogen-bond acceptors (Lipinski definition) is 6. The summed E-state index contributed by atoms with van der Waals surface area (Å²) in [5.74, 6) is 1.29. The van der Waals surface area contributed by atoms with Gasteiger partial charge in [0.1, 0.15) is 5.02 Å². The largest absolute Gasteiger partial charge is 0.380 e. The fourth-order valence-corrected chi connectivity index (χ4v) is 3.73. The van der Waals surface area contributed by atoms with E-state index in [1.165, 1.54) is 0 Å².